The molecule has 6 nitrogen and oxygen atoms in total. The van der Waals surface area contributed by atoms with Crippen LogP contribution in [0.3, 0.4) is 0 Å². The fraction of sp³-hybridized carbons (Fsp3) is 0.690. The molecule has 37 heavy (non-hydrogen) atoms. The van der Waals surface area contributed by atoms with Gasteiger partial charge < -0.3 is 0 Å². The smallest absolute Gasteiger partial charge is 0.219 e. The van der Waals surface area contributed by atoms with Crippen LogP contribution in [0, 0.1) is 0 Å². The van der Waals surface area contributed by atoms with Gasteiger partial charge >= 0.3 is 0 Å². The van der Waals surface area contributed by atoms with Gasteiger partial charge in [-0.15, -0.1) is 0 Å². The highest BCUT2D eigenvalue weighted by Crippen LogP contribution is 2.37. The van der Waals surface area contributed by atoms with Gasteiger partial charge in [-0.3, -0.25) is 0 Å². The van der Waals surface area contributed by atoms with Crippen LogP contribution in [-0.2, 0) is 44.3 Å². The van der Waals surface area contributed by atoms with Crippen molar-refractivity contribution in [2.24, 2.45) is 0 Å². The van der Waals surface area contributed by atoms with Crippen molar-refractivity contribution >= 4 is 23.2 Å². The van der Waals surface area contributed by atoms with Gasteiger partial charge in [0.05, 0.1) is 17.1 Å². The molecule has 206 valence electrons. The Balaban J connectivity index is 2.48. The Morgan fingerprint density at radius 3 is 1.03 bits per heavy atom. The van der Waals surface area contributed by atoms with Crippen LogP contribution < -0.4 is 0 Å². The van der Waals surface area contributed by atoms with E-state index in [4.69, 9.17) is 38.5 Å². The zero-order valence-electron chi connectivity index (χ0n) is 23.7. The molecule has 0 N–H and O–H groups in total. The van der Waals surface area contributed by atoms with Crippen molar-refractivity contribution < 1.29 is 0 Å². The highest BCUT2D eigenvalue weighted by atomic mass is 35.5. The minimum absolute atomic E-state index is 0.872. The molecule has 0 aliphatic carbocycles. The van der Waals surface area contributed by atoms with E-state index in [1.54, 1.807) is 0 Å². The number of halogens is 2. The molecule has 3 heterocycles. The Kier molecular flexibility index (Phi) is 11.1. The fourth-order valence-electron chi connectivity index (χ4n) is 5.26. The molecule has 0 saturated heterocycles. The summed E-state index contributed by atoms with van der Waals surface area (Å²) in [7, 11) is 0. The average Bonchev–Trinajstić information content (AvgIpc) is 3.55. The molecule has 3 aromatic rings. The highest BCUT2D eigenvalue weighted by molar-refractivity contribution is 6.45. The number of alkyl halides is 2. The largest absolute Gasteiger partial charge is 0.280 e. The van der Waals surface area contributed by atoms with Gasteiger partial charge in [0.25, 0.3) is 5.79 Å². The standard InChI is InChI=1S/C29H46Cl2N6/c1-7-13-22-19-25(16-10-4)35(32-22)29(28(30)31,36-26(17-11-5)20-23(33-36)14-8-2)37-27(18-12-6)21-24(34-37)15-9-3/h19-21,28H,7-18H2,1-6H3. The highest BCUT2D eigenvalue weighted by Gasteiger charge is 2.49. The lowest BCUT2D eigenvalue weighted by molar-refractivity contribution is 0.118. The second kappa shape index (κ2) is 13.8. The van der Waals surface area contributed by atoms with Crippen molar-refractivity contribution in [2.75, 3.05) is 0 Å². The zero-order valence-corrected chi connectivity index (χ0v) is 25.2. The molecule has 0 radical (unpaired) electrons. The lowest BCUT2D eigenvalue weighted by atomic mass is 10.1. The Morgan fingerprint density at radius 2 is 0.811 bits per heavy atom. The third kappa shape index (κ3) is 6.11. The molecule has 0 aliphatic heterocycles. The van der Waals surface area contributed by atoms with Crippen LogP contribution >= 0.6 is 23.2 Å². The average molecular weight is 550 g/mol. The van der Waals surface area contributed by atoms with Gasteiger partial charge in [0.15, 0.2) is 4.84 Å². The monoisotopic (exact) mass is 548 g/mol. The summed E-state index contributed by atoms with van der Waals surface area (Å²) in [5, 5.41) is 15.6. The predicted octanol–water partition coefficient (Wildman–Crippen LogP) is 7.50. The Labute approximate surface area is 233 Å². The summed E-state index contributed by atoms with van der Waals surface area (Å²) in [6.45, 7) is 13.1. The molecule has 0 bridgehead atoms. The Morgan fingerprint density at radius 1 is 0.541 bits per heavy atom. The maximum atomic E-state index is 7.16. The summed E-state index contributed by atoms with van der Waals surface area (Å²) in [6.07, 6.45) is 11.4. The molecule has 3 aromatic heterocycles. The van der Waals surface area contributed by atoms with E-state index in [9.17, 15) is 0 Å². The van der Waals surface area contributed by atoms with Crippen molar-refractivity contribution in [2.45, 2.75) is 129 Å². The van der Waals surface area contributed by atoms with Gasteiger partial charge in [-0.2, -0.15) is 15.3 Å². The quantitative estimate of drug-likeness (QED) is 0.174. The van der Waals surface area contributed by atoms with E-state index in [0.717, 1.165) is 111 Å². The number of nitrogens with zero attached hydrogens (tertiary/aromatic N) is 6. The molecule has 0 aliphatic rings. The van der Waals surface area contributed by atoms with Crippen LogP contribution in [0.25, 0.3) is 0 Å². The summed E-state index contributed by atoms with van der Waals surface area (Å²) in [5.41, 5.74) is 6.51. The maximum absolute atomic E-state index is 7.16. The third-order valence-electron chi connectivity index (χ3n) is 6.77. The van der Waals surface area contributed by atoms with Crippen LogP contribution in [0.1, 0.15) is 114 Å². The first kappa shape index (κ1) is 29.8. The van der Waals surface area contributed by atoms with Gasteiger partial charge in [0, 0.05) is 17.1 Å². The van der Waals surface area contributed by atoms with E-state index >= 15 is 0 Å². The molecule has 0 amide bonds. The summed E-state index contributed by atoms with van der Waals surface area (Å²) < 4.78 is 6.20. The number of aryl methyl sites for hydroxylation is 6. The third-order valence-corrected chi connectivity index (χ3v) is 7.35. The molecule has 0 spiro atoms. The lowest BCUT2D eigenvalue weighted by Crippen LogP contribution is -2.56. The molecule has 3 rings (SSSR count). The first-order chi connectivity index (χ1) is 17.9. The topological polar surface area (TPSA) is 53.5 Å². The van der Waals surface area contributed by atoms with Gasteiger partial charge in [-0.1, -0.05) is 103 Å². The van der Waals surface area contributed by atoms with E-state index in [1.165, 1.54) is 0 Å². The zero-order chi connectivity index (χ0) is 27.0. The lowest BCUT2D eigenvalue weighted by Gasteiger charge is -2.39. The molecular weight excluding hydrogens is 503 g/mol. The number of hydrogen-bond donors (Lipinski definition) is 0. The SMILES string of the molecule is CCCc1cc(CCC)n(C(C(Cl)Cl)(n2nc(CCC)cc2CCC)n2nc(CCC)cc2CCC)n1. The summed E-state index contributed by atoms with van der Waals surface area (Å²) in [4.78, 5) is -0.882. The van der Waals surface area contributed by atoms with E-state index in [-0.39, 0.29) is 0 Å². The van der Waals surface area contributed by atoms with Crippen molar-refractivity contribution in [1.29, 1.82) is 0 Å². The molecular formula is C29H46Cl2N6. The minimum Gasteiger partial charge on any atom is -0.219 e. The Bertz CT molecular complexity index is 978. The van der Waals surface area contributed by atoms with Gasteiger partial charge in [0.2, 0.25) is 0 Å². The van der Waals surface area contributed by atoms with Crippen LogP contribution in [0.5, 0.6) is 0 Å². The van der Waals surface area contributed by atoms with Crippen molar-refractivity contribution in [3.63, 3.8) is 0 Å². The van der Waals surface area contributed by atoms with Gasteiger partial charge in [-0.05, 0) is 56.7 Å². The predicted molar refractivity (Wildman–Crippen MR) is 155 cm³/mol. The molecule has 0 aromatic carbocycles. The number of aromatic nitrogens is 6. The van der Waals surface area contributed by atoms with E-state index in [1.807, 2.05) is 0 Å². The Hall–Kier alpha value is -1.79. The van der Waals surface area contributed by atoms with Crippen molar-refractivity contribution in [3.8, 4) is 0 Å². The maximum Gasteiger partial charge on any atom is 0.280 e. The van der Waals surface area contributed by atoms with E-state index < -0.39 is 10.6 Å². The normalized spacial score (nSPS) is 12.2. The minimum atomic E-state index is -1.15. The van der Waals surface area contributed by atoms with Gasteiger partial charge in [0.1, 0.15) is 0 Å². The van der Waals surface area contributed by atoms with Crippen LogP contribution in [-0.4, -0.2) is 34.2 Å². The van der Waals surface area contributed by atoms with Gasteiger partial charge in [-0.25, -0.2) is 14.0 Å². The number of rotatable bonds is 16. The summed E-state index contributed by atoms with van der Waals surface area (Å²) in [5.74, 6) is -1.15. The molecule has 8 heteroatoms. The van der Waals surface area contributed by atoms with E-state index in [0.29, 0.717) is 0 Å². The molecule has 0 saturated carbocycles. The summed E-state index contributed by atoms with van der Waals surface area (Å²) in [6, 6.07) is 6.68. The molecule has 0 atom stereocenters. The fourth-order valence-corrected chi connectivity index (χ4v) is 5.82. The summed E-state index contributed by atoms with van der Waals surface area (Å²) >= 11 is 14.3. The van der Waals surface area contributed by atoms with Crippen molar-refractivity contribution in [1.82, 2.24) is 29.3 Å². The first-order valence-electron chi connectivity index (χ1n) is 14.4. The molecule has 0 unspecified atom stereocenters. The first-order valence-corrected chi connectivity index (χ1v) is 15.3. The van der Waals surface area contributed by atoms with Crippen LogP contribution in [0.4, 0.5) is 0 Å². The van der Waals surface area contributed by atoms with Crippen molar-refractivity contribution in [3.05, 3.63) is 52.4 Å². The van der Waals surface area contributed by atoms with Crippen LogP contribution in [0.2, 0.25) is 0 Å². The number of hydrogen-bond acceptors (Lipinski definition) is 3. The molecule has 0 fully saturated rings. The second-order valence-electron chi connectivity index (χ2n) is 10.1. The van der Waals surface area contributed by atoms with E-state index in [2.05, 4.69) is 73.8 Å². The second-order valence-corrected chi connectivity index (χ2v) is 11.2. The van der Waals surface area contributed by atoms with Crippen LogP contribution in [0.15, 0.2) is 18.2 Å².